The van der Waals surface area contributed by atoms with Crippen molar-refractivity contribution in [2.24, 2.45) is 0 Å². The van der Waals surface area contributed by atoms with E-state index in [1.54, 1.807) is 6.20 Å². The first-order valence-corrected chi connectivity index (χ1v) is 4.08. The fourth-order valence-electron chi connectivity index (χ4n) is 0.626. The van der Waals surface area contributed by atoms with Crippen LogP contribution in [0.1, 0.15) is 12.6 Å². The summed E-state index contributed by atoms with van der Waals surface area (Å²) in [6.07, 6.45) is 2.52. The van der Waals surface area contributed by atoms with E-state index in [0.717, 1.165) is 16.6 Å². The molecule has 0 saturated heterocycles. The van der Waals surface area contributed by atoms with Gasteiger partial charge in [0.05, 0.1) is 10.2 Å². The Hall–Kier alpha value is -0.150. The van der Waals surface area contributed by atoms with Crippen molar-refractivity contribution in [3.63, 3.8) is 0 Å². The lowest BCUT2D eigenvalue weighted by Crippen LogP contribution is -1.90. The van der Waals surface area contributed by atoms with Crippen molar-refractivity contribution in [3.05, 3.63) is 21.6 Å². The Kier molecular flexibility index (Phi) is 2.63. The number of hydrogen-bond acceptors (Lipinski definition) is 2. The van der Waals surface area contributed by atoms with Crippen LogP contribution < -0.4 is 0 Å². The van der Waals surface area contributed by atoms with Crippen LogP contribution in [0.15, 0.2) is 10.7 Å². The van der Waals surface area contributed by atoms with Gasteiger partial charge >= 0.3 is 0 Å². The van der Waals surface area contributed by atoms with Crippen molar-refractivity contribution < 1.29 is 0 Å². The third-order valence-electron chi connectivity index (χ3n) is 1.12. The maximum atomic E-state index is 5.55. The van der Waals surface area contributed by atoms with Crippen LogP contribution in [-0.4, -0.2) is 9.97 Å². The zero-order chi connectivity index (χ0) is 7.56. The second-order valence-corrected chi connectivity index (χ2v) is 2.98. The average Bonchev–Trinajstić information content (AvgIpc) is 1.94. The van der Waals surface area contributed by atoms with Crippen molar-refractivity contribution in [2.75, 3.05) is 0 Å². The molecule has 0 saturated carbocycles. The SMILES string of the molecule is CCc1nc(Cl)ncc1Br. The highest BCUT2D eigenvalue weighted by Crippen LogP contribution is 2.14. The smallest absolute Gasteiger partial charge is 0.222 e. The number of halogens is 2. The first-order valence-electron chi connectivity index (χ1n) is 2.91. The molecule has 0 aliphatic carbocycles. The molecule has 2 nitrogen and oxygen atoms in total. The fourth-order valence-corrected chi connectivity index (χ4v) is 1.25. The largest absolute Gasteiger partial charge is 0.225 e. The molecular weight excluding hydrogens is 215 g/mol. The van der Waals surface area contributed by atoms with E-state index < -0.39 is 0 Å². The molecule has 0 aromatic carbocycles. The molecular formula is C6H6BrClN2. The van der Waals surface area contributed by atoms with E-state index in [-0.39, 0.29) is 0 Å². The Labute approximate surface area is 72.8 Å². The number of rotatable bonds is 1. The highest BCUT2D eigenvalue weighted by molar-refractivity contribution is 9.10. The van der Waals surface area contributed by atoms with Crippen LogP contribution in [0.4, 0.5) is 0 Å². The van der Waals surface area contributed by atoms with Crippen molar-refractivity contribution in [3.8, 4) is 0 Å². The lowest BCUT2D eigenvalue weighted by atomic mass is 10.3. The summed E-state index contributed by atoms with van der Waals surface area (Å²) >= 11 is 8.86. The van der Waals surface area contributed by atoms with Gasteiger partial charge in [0, 0.05) is 6.20 Å². The van der Waals surface area contributed by atoms with Gasteiger partial charge in [-0.2, -0.15) is 0 Å². The Morgan fingerprint density at radius 2 is 2.40 bits per heavy atom. The van der Waals surface area contributed by atoms with Crippen molar-refractivity contribution in [1.29, 1.82) is 0 Å². The maximum absolute atomic E-state index is 5.55. The van der Waals surface area contributed by atoms with E-state index in [0.29, 0.717) is 5.28 Å². The molecule has 0 fully saturated rings. The molecule has 1 aromatic heterocycles. The monoisotopic (exact) mass is 220 g/mol. The van der Waals surface area contributed by atoms with Crippen molar-refractivity contribution >= 4 is 27.5 Å². The van der Waals surface area contributed by atoms with Gasteiger partial charge in [-0.3, -0.25) is 0 Å². The van der Waals surface area contributed by atoms with Crippen LogP contribution in [0.2, 0.25) is 5.28 Å². The van der Waals surface area contributed by atoms with Gasteiger partial charge < -0.3 is 0 Å². The molecule has 0 aliphatic rings. The van der Waals surface area contributed by atoms with Crippen LogP contribution in [0, 0.1) is 0 Å². The van der Waals surface area contributed by atoms with Gasteiger partial charge in [-0.25, -0.2) is 9.97 Å². The van der Waals surface area contributed by atoms with E-state index in [1.807, 2.05) is 6.92 Å². The van der Waals surface area contributed by atoms with Crippen molar-refractivity contribution in [2.45, 2.75) is 13.3 Å². The summed E-state index contributed by atoms with van der Waals surface area (Å²) in [5, 5.41) is 0.306. The molecule has 0 spiro atoms. The average molecular weight is 221 g/mol. The van der Waals surface area contributed by atoms with Crippen LogP contribution >= 0.6 is 27.5 Å². The summed E-state index contributed by atoms with van der Waals surface area (Å²) in [6, 6.07) is 0. The number of nitrogens with zero attached hydrogens (tertiary/aromatic N) is 2. The van der Waals surface area contributed by atoms with Gasteiger partial charge in [0.15, 0.2) is 0 Å². The second kappa shape index (κ2) is 3.30. The standard InChI is InChI=1S/C6H6BrClN2/c1-2-5-4(7)3-9-6(8)10-5/h3H,2H2,1H3. The van der Waals surface area contributed by atoms with Gasteiger partial charge in [0.25, 0.3) is 0 Å². The zero-order valence-electron chi connectivity index (χ0n) is 5.43. The normalized spacial score (nSPS) is 9.90. The minimum absolute atomic E-state index is 0.306. The molecule has 0 atom stereocenters. The Bertz CT molecular complexity index is 239. The molecule has 0 unspecified atom stereocenters. The van der Waals surface area contributed by atoms with Crippen LogP contribution in [0.3, 0.4) is 0 Å². The van der Waals surface area contributed by atoms with Crippen molar-refractivity contribution in [1.82, 2.24) is 9.97 Å². The van der Waals surface area contributed by atoms with Crippen LogP contribution in [-0.2, 0) is 6.42 Å². The third-order valence-corrected chi connectivity index (χ3v) is 1.97. The van der Waals surface area contributed by atoms with E-state index in [9.17, 15) is 0 Å². The Morgan fingerprint density at radius 1 is 1.70 bits per heavy atom. The molecule has 1 rings (SSSR count). The highest BCUT2D eigenvalue weighted by Gasteiger charge is 1.99. The van der Waals surface area contributed by atoms with Gasteiger partial charge in [0.2, 0.25) is 5.28 Å². The summed E-state index contributed by atoms with van der Waals surface area (Å²) in [4.78, 5) is 7.79. The topological polar surface area (TPSA) is 25.8 Å². The summed E-state index contributed by atoms with van der Waals surface area (Å²) in [5.74, 6) is 0. The molecule has 4 heteroatoms. The zero-order valence-corrected chi connectivity index (χ0v) is 7.78. The van der Waals surface area contributed by atoms with Crippen LogP contribution in [0.25, 0.3) is 0 Å². The number of aromatic nitrogens is 2. The first-order chi connectivity index (χ1) is 4.74. The maximum Gasteiger partial charge on any atom is 0.222 e. The lowest BCUT2D eigenvalue weighted by Gasteiger charge is -1.97. The predicted octanol–water partition coefficient (Wildman–Crippen LogP) is 2.45. The van der Waals surface area contributed by atoms with E-state index in [1.165, 1.54) is 0 Å². The number of aryl methyl sites for hydroxylation is 1. The minimum atomic E-state index is 0.306. The lowest BCUT2D eigenvalue weighted by molar-refractivity contribution is 0.984. The summed E-state index contributed by atoms with van der Waals surface area (Å²) in [5.41, 5.74) is 0.944. The molecule has 0 aliphatic heterocycles. The van der Waals surface area contributed by atoms with E-state index >= 15 is 0 Å². The fraction of sp³-hybridized carbons (Fsp3) is 0.333. The second-order valence-electron chi connectivity index (χ2n) is 1.79. The Morgan fingerprint density at radius 3 is 2.90 bits per heavy atom. The van der Waals surface area contributed by atoms with E-state index in [2.05, 4.69) is 25.9 Å². The van der Waals surface area contributed by atoms with Gasteiger partial charge in [-0.05, 0) is 34.0 Å². The molecule has 1 heterocycles. The third kappa shape index (κ3) is 1.67. The summed E-state index contributed by atoms with van der Waals surface area (Å²) < 4.78 is 0.916. The molecule has 0 amide bonds. The molecule has 0 N–H and O–H groups in total. The van der Waals surface area contributed by atoms with Gasteiger partial charge in [-0.15, -0.1) is 0 Å². The number of hydrogen-bond donors (Lipinski definition) is 0. The quantitative estimate of drug-likeness (QED) is 0.681. The molecule has 0 radical (unpaired) electrons. The molecule has 10 heavy (non-hydrogen) atoms. The molecule has 1 aromatic rings. The summed E-state index contributed by atoms with van der Waals surface area (Å²) in [6.45, 7) is 2.02. The highest BCUT2D eigenvalue weighted by atomic mass is 79.9. The summed E-state index contributed by atoms with van der Waals surface area (Å²) in [7, 11) is 0. The first kappa shape index (κ1) is 7.95. The predicted molar refractivity (Wildman–Crippen MR) is 44.1 cm³/mol. The molecule has 54 valence electrons. The Balaban J connectivity index is 3.09. The van der Waals surface area contributed by atoms with Crippen LogP contribution in [0.5, 0.6) is 0 Å². The minimum Gasteiger partial charge on any atom is -0.225 e. The van der Waals surface area contributed by atoms with Gasteiger partial charge in [0.1, 0.15) is 0 Å². The molecule has 0 bridgehead atoms. The van der Waals surface area contributed by atoms with Gasteiger partial charge in [-0.1, -0.05) is 6.92 Å². The van der Waals surface area contributed by atoms with E-state index in [4.69, 9.17) is 11.6 Å².